The number of tetrazole rings is 2. The number of aliphatic hydroxyl groups is 2. The molecule has 54 heavy (non-hydrogen) atoms. The molecule has 2 atom stereocenters. The predicted molar refractivity (Wildman–Crippen MR) is 184 cm³/mol. The summed E-state index contributed by atoms with van der Waals surface area (Å²) in [5.41, 5.74) is 3.62. The van der Waals surface area contributed by atoms with Gasteiger partial charge >= 0.3 is 12.2 Å². The van der Waals surface area contributed by atoms with Crippen molar-refractivity contribution in [1.29, 1.82) is 0 Å². The fourth-order valence-electron chi connectivity index (χ4n) is 5.61. The lowest BCUT2D eigenvalue weighted by atomic mass is 10.1. The molecule has 276 valence electrons. The Bertz CT molecular complexity index is 2140. The van der Waals surface area contributed by atoms with Gasteiger partial charge in [-0.1, -0.05) is 12.1 Å². The zero-order valence-electron chi connectivity index (χ0n) is 28.6. The smallest absolute Gasteiger partial charge is 0.414 e. The zero-order chi connectivity index (χ0) is 37.9. The molecule has 2 aliphatic heterocycles. The van der Waals surface area contributed by atoms with Gasteiger partial charge in [0, 0.05) is 34.6 Å². The fourth-order valence-corrected chi connectivity index (χ4v) is 5.61. The van der Waals surface area contributed by atoms with E-state index >= 15 is 0 Å². The highest BCUT2D eigenvalue weighted by atomic mass is 19.1. The van der Waals surface area contributed by atoms with Gasteiger partial charge in [-0.15, -0.1) is 20.4 Å². The molecule has 2 fully saturated rings. The summed E-state index contributed by atoms with van der Waals surface area (Å²) in [4.78, 5) is 37.4. The van der Waals surface area contributed by atoms with Gasteiger partial charge in [0.1, 0.15) is 35.2 Å². The Hall–Kier alpha value is -6.80. The third kappa shape index (κ3) is 7.41. The molecule has 0 bridgehead atoms. The number of nitrogens with zero attached hydrogens (tertiary/aromatic N) is 12. The van der Waals surface area contributed by atoms with Crippen molar-refractivity contribution in [2.24, 2.45) is 14.1 Å². The molecular weight excluding hydrogens is 710 g/mol. The minimum Gasteiger partial charge on any atom is -0.441 e. The number of hydrogen-bond acceptors (Lipinski definition) is 14. The largest absolute Gasteiger partial charge is 0.441 e. The van der Waals surface area contributed by atoms with Crippen LogP contribution in [0.2, 0.25) is 0 Å². The average molecular weight is 741 g/mol. The van der Waals surface area contributed by atoms with E-state index in [0.29, 0.717) is 56.7 Å². The molecule has 18 nitrogen and oxygen atoms in total. The summed E-state index contributed by atoms with van der Waals surface area (Å²) in [6.45, 7) is -0.200. The highest BCUT2D eigenvalue weighted by Crippen LogP contribution is 2.31. The molecule has 4 aromatic heterocycles. The molecule has 0 unspecified atom stereocenters. The van der Waals surface area contributed by atoms with Gasteiger partial charge in [-0.2, -0.15) is 9.59 Å². The third-order valence-electron chi connectivity index (χ3n) is 8.31. The number of carbonyl (C=O) groups is 2. The van der Waals surface area contributed by atoms with Gasteiger partial charge in [0.15, 0.2) is 0 Å². The molecule has 0 radical (unpaired) electrons. The monoisotopic (exact) mass is 740 g/mol. The molecule has 6 aromatic rings. The molecule has 6 heterocycles. The van der Waals surface area contributed by atoms with E-state index in [2.05, 4.69) is 40.8 Å². The first-order chi connectivity index (χ1) is 26.1. The predicted octanol–water partition coefficient (Wildman–Crippen LogP) is 2.79. The van der Waals surface area contributed by atoms with Crippen LogP contribution in [0, 0.1) is 11.6 Å². The van der Waals surface area contributed by atoms with Crippen molar-refractivity contribution >= 4 is 23.6 Å². The molecule has 0 spiro atoms. The van der Waals surface area contributed by atoms with E-state index in [-0.39, 0.29) is 26.3 Å². The standard InChI is InChI=1S/2C17H15FN6O3/c2*1-23-21-16(20-22-23)15-5-2-10(7-19-15)13-4-3-11(6-14(13)18)24-8-12(9-25)27-17(24)26/h2*2-7,12,25H,8-9H2,1H3/t2*12-/m11/s1. The Morgan fingerprint density at radius 2 is 1.09 bits per heavy atom. The SMILES string of the molecule is Cn1nnc(-c2ccc(-c3ccc(N4C[C@H](CO)OC4=O)cc3F)cn2)n1.Cn1nnc(-c2ccc(-c3ccc(N4C[C@H](CO)OC4=O)cc3F)cn2)n1. The normalized spacial score (nSPS) is 16.6. The van der Waals surface area contributed by atoms with Gasteiger partial charge in [-0.05, 0) is 59.0 Å². The third-order valence-corrected chi connectivity index (χ3v) is 8.31. The fraction of sp³-hybridized carbons (Fsp3) is 0.235. The van der Waals surface area contributed by atoms with E-state index in [0.717, 1.165) is 0 Å². The number of hydrogen-bond donors (Lipinski definition) is 2. The van der Waals surface area contributed by atoms with Gasteiger partial charge < -0.3 is 19.7 Å². The summed E-state index contributed by atoms with van der Waals surface area (Å²) < 4.78 is 39.2. The first-order valence-corrected chi connectivity index (χ1v) is 16.3. The number of aryl methyl sites for hydroxylation is 2. The quantitative estimate of drug-likeness (QED) is 0.230. The van der Waals surface area contributed by atoms with Crippen molar-refractivity contribution in [1.82, 2.24) is 50.4 Å². The Morgan fingerprint density at radius 1 is 0.667 bits per heavy atom. The van der Waals surface area contributed by atoms with Gasteiger partial charge in [-0.3, -0.25) is 19.8 Å². The van der Waals surface area contributed by atoms with Crippen LogP contribution in [-0.4, -0.2) is 111 Å². The van der Waals surface area contributed by atoms with Gasteiger partial charge in [0.05, 0.1) is 51.8 Å². The number of rotatable bonds is 8. The van der Waals surface area contributed by atoms with Crippen molar-refractivity contribution < 1.29 is 38.1 Å². The molecule has 0 aliphatic carbocycles. The van der Waals surface area contributed by atoms with Crippen LogP contribution in [0.4, 0.5) is 29.7 Å². The second-order valence-electron chi connectivity index (χ2n) is 12.0. The number of amides is 2. The van der Waals surface area contributed by atoms with Gasteiger partial charge in [0.25, 0.3) is 0 Å². The van der Waals surface area contributed by atoms with Crippen molar-refractivity contribution in [2.45, 2.75) is 12.2 Å². The second-order valence-corrected chi connectivity index (χ2v) is 12.0. The van der Waals surface area contributed by atoms with Crippen LogP contribution in [0.5, 0.6) is 0 Å². The van der Waals surface area contributed by atoms with E-state index in [1.54, 1.807) is 62.6 Å². The zero-order valence-corrected chi connectivity index (χ0v) is 28.6. The number of ether oxygens (including phenoxy) is 2. The maximum absolute atomic E-state index is 14.6. The number of cyclic esters (lactones) is 2. The molecular formula is C34H30F2N12O6. The minimum absolute atomic E-state index is 0.176. The molecule has 2 amide bonds. The van der Waals surface area contributed by atoms with Gasteiger partial charge in [0.2, 0.25) is 11.6 Å². The number of halogens is 2. The molecule has 8 rings (SSSR count). The van der Waals surface area contributed by atoms with Crippen molar-refractivity contribution in [2.75, 3.05) is 36.1 Å². The van der Waals surface area contributed by atoms with Gasteiger partial charge in [-0.25, -0.2) is 18.4 Å². The van der Waals surface area contributed by atoms with Crippen molar-refractivity contribution in [3.05, 3.63) is 84.7 Å². The van der Waals surface area contributed by atoms with Crippen LogP contribution in [0.1, 0.15) is 0 Å². The van der Waals surface area contributed by atoms with Crippen LogP contribution in [0.25, 0.3) is 45.3 Å². The number of anilines is 2. The molecule has 2 aromatic carbocycles. The number of aromatic nitrogens is 10. The van der Waals surface area contributed by atoms with Crippen LogP contribution in [-0.2, 0) is 23.6 Å². The topological polar surface area (TPSA) is 213 Å². The Labute approximate surface area is 304 Å². The van der Waals surface area contributed by atoms with Crippen molar-refractivity contribution in [3.63, 3.8) is 0 Å². The lowest BCUT2D eigenvalue weighted by molar-refractivity contribution is 0.0960. The minimum atomic E-state index is -0.608. The number of carbonyl (C=O) groups excluding carboxylic acids is 2. The summed E-state index contributed by atoms with van der Waals surface area (Å²) in [6.07, 6.45) is 0.622. The summed E-state index contributed by atoms with van der Waals surface area (Å²) in [5, 5.41) is 41.6. The number of pyridine rings is 2. The Balaban J connectivity index is 0.000000167. The summed E-state index contributed by atoms with van der Waals surface area (Å²) >= 11 is 0. The van der Waals surface area contributed by atoms with Crippen molar-refractivity contribution in [3.8, 4) is 45.3 Å². The summed E-state index contributed by atoms with van der Waals surface area (Å²) in [5.74, 6) is -0.239. The number of benzene rings is 2. The first kappa shape index (κ1) is 35.6. The van der Waals surface area contributed by atoms with Crippen LogP contribution < -0.4 is 9.80 Å². The van der Waals surface area contributed by atoms with Crippen LogP contribution in [0.15, 0.2) is 73.1 Å². The summed E-state index contributed by atoms with van der Waals surface area (Å²) in [7, 11) is 3.31. The van der Waals surface area contributed by atoms with E-state index < -0.39 is 36.0 Å². The molecule has 2 aliphatic rings. The van der Waals surface area contributed by atoms with Crippen LogP contribution in [0.3, 0.4) is 0 Å². The number of aliphatic hydroxyl groups excluding tert-OH is 2. The maximum atomic E-state index is 14.6. The second kappa shape index (κ2) is 15.0. The van der Waals surface area contributed by atoms with E-state index in [1.165, 1.54) is 43.9 Å². The lowest BCUT2D eigenvalue weighted by Gasteiger charge is -2.14. The highest BCUT2D eigenvalue weighted by molar-refractivity contribution is 5.91. The first-order valence-electron chi connectivity index (χ1n) is 16.3. The molecule has 20 heteroatoms. The Kier molecular flexibility index (Phi) is 9.92. The summed E-state index contributed by atoms with van der Waals surface area (Å²) in [6, 6.07) is 15.7. The highest BCUT2D eigenvalue weighted by Gasteiger charge is 2.33. The van der Waals surface area contributed by atoms with E-state index in [9.17, 15) is 18.4 Å². The van der Waals surface area contributed by atoms with E-state index in [4.69, 9.17) is 19.7 Å². The lowest BCUT2D eigenvalue weighted by Crippen LogP contribution is -2.25. The average Bonchev–Trinajstić information content (AvgIpc) is 3.99. The maximum Gasteiger partial charge on any atom is 0.414 e. The van der Waals surface area contributed by atoms with E-state index in [1.807, 2.05) is 0 Å². The Morgan fingerprint density at radius 3 is 1.39 bits per heavy atom. The van der Waals surface area contributed by atoms with Crippen LogP contribution >= 0.6 is 0 Å². The molecule has 0 saturated carbocycles. The molecule has 2 N–H and O–H groups in total. The molecule has 2 saturated heterocycles.